The number of carbonyl (C=O) groups is 2. The first kappa shape index (κ1) is 16.3. The number of carbonyl (C=O) groups excluding carboxylic acids is 2. The zero-order valence-corrected chi connectivity index (χ0v) is 13.3. The SMILES string of the molecule is CCOC(=O)CCNC(=O)N1CCC[C@H]1c1cccc(C)c1. The third kappa shape index (κ3) is 4.23. The Labute approximate surface area is 131 Å². The molecule has 1 aromatic rings. The first-order chi connectivity index (χ1) is 10.6. The van der Waals surface area contributed by atoms with Crippen LogP contribution in [0.4, 0.5) is 4.79 Å². The molecule has 120 valence electrons. The van der Waals surface area contributed by atoms with Gasteiger partial charge in [-0.05, 0) is 32.3 Å². The topological polar surface area (TPSA) is 58.6 Å². The quantitative estimate of drug-likeness (QED) is 0.851. The minimum atomic E-state index is -0.278. The average Bonchev–Trinajstić information content (AvgIpc) is 2.97. The van der Waals surface area contributed by atoms with Crippen molar-refractivity contribution in [3.8, 4) is 0 Å². The summed E-state index contributed by atoms with van der Waals surface area (Å²) in [6, 6.07) is 8.31. The summed E-state index contributed by atoms with van der Waals surface area (Å²) in [5, 5.41) is 2.81. The van der Waals surface area contributed by atoms with Crippen LogP contribution in [-0.4, -0.2) is 36.6 Å². The normalized spacial score (nSPS) is 17.4. The molecule has 0 spiro atoms. The van der Waals surface area contributed by atoms with Crippen molar-refractivity contribution < 1.29 is 14.3 Å². The number of hydrogen-bond donors (Lipinski definition) is 1. The van der Waals surface area contributed by atoms with E-state index in [2.05, 4.69) is 30.4 Å². The second-order valence-electron chi connectivity index (χ2n) is 5.55. The minimum absolute atomic E-state index is 0.103. The molecule has 1 saturated heterocycles. The lowest BCUT2D eigenvalue weighted by atomic mass is 10.0. The van der Waals surface area contributed by atoms with Crippen molar-refractivity contribution in [2.75, 3.05) is 19.7 Å². The molecule has 1 heterocycles. The van der Waals surface area contributed by atoms with E-state index < -0.39 is 0 Å². The van der Waals surface area contributed by atoms with E-state index in [4.69, 9.17) is 4.74 Å². The van der Waals surface area contributed by atoms with E-state index in [0.717, 1.165) is 19.4 Å². The molecule has 0 aliphatic carbocycles. The molecule has 0 unspecified atom stereocenters. The molecular formula is C17H24N2O3. The molecule has 1 fully saturated rings. The number of rotatable bonds is 5. The van der Waals surface area contributed by atoms with Gasteiger partial charge >= 0.3 is 12.0 Å². The molecule has 1 aliphatic heterocycles. The zero-order chi connectivity index (χ0) is 15.9. The number of ether oxygens (including phenoxy) is 1. The Morgan fingerprint density at radius 3 is 2.95 bits per heavy atom. The van der Waals surface area contributed by atoms with Crippen LogP contribution in [0, 0.1) is 6.92 Å². The Morgan fingerprint density at radius 1 is 1.41 bits per heavy atom. The minimum Gasteiger partial charge on any atom is -0.466 e. The van der Waals surface area contributed by atoms with E-state index in [0.29, 0.717) is 13.2 Å². The van der Waals surface area contributed by atoms with Gasteiger partial charge in [0.15, 0.2) is 0 Å². The molecule has 22 heavy (non-hydrogen) atoms. The van der Waals surface area contributed by atoms with Gasteiger partial charge in [0.1, 0.15) is 0 Å². The molecule has 1 N–H and O–H groups in total. The van der Waals surface area contributed by atoms with E-state index in [1.807, 2.05) is 11.0 Å². The summed E-state index contributed by atoms with van der Waals surface area (Å²) in [5.74, 6) is -0.278. The molecule has 1 atom stereocenters. The first-order valence-electron chi connectivity index (χ1n) is 7.88. The predicted octanol–water partition coefficient (Wildman–Crippen LogP) is 2.79. The number of amides is 2. The third-order valence-electron chi connectivity index (χ3n) is 3.85. The maximum absolute atomic E-state index is 12.3. The molecule has 0 saturated carbocycles. The van der Waals surface area contributed by atoms with Crippen LogP contribution in [0.5, 0.6) is 0 Å². The molecule has 1 aliphatic rings. The number of hydrogen-bond acceptors (Lipinski definition) is 3. The van der Waals surface area contributed by atoms with Gasteiger partial charge in [-0.15, -0.1) is 0 Å². The van der Waals surface area contributed by atoms with E-state index in [-0.39, 0.29) is 24.5 Å². The van der Waals surface area contributed by atoms with Crippen LogP contribution in [0.3, 0.4) is 0 Å². The van der Waals surface area contributed by atoms with Crippen LogP contribution in [-0.2, 0) is 9.53 Å². The number of nitrogens with zero attached hydrogens (tertiary/aromatic N) is 1. The van der Waals surface area contributed by atoms with Gasteiger partial charge in [0.25, 0.3) is 0 Å². The highest BCUT2D eigenvalue weighted by Gasteiger charge is 2.29. The molecular weight excluding hydrogens is 280 g/mol. The van der Waals surface area contributed by atoms with Crippen molar-refractivity contribution >= 4 is 12.0 Å². The number of likely N-dealkylation sites (tertiary alicyclic amines) is 1. The Hall–Kier alpha value is -2.04. The van der Waals surface area contributed by atoms with Crippen LogP contribution in [0.2, 0.25) is 0 Å². The molecule has 0 radical (unpaired) electrons. The number of esters is 1. The highest BCUT2D eigenvalue weighted by Crippen LogP contribution is 2.32. The Morgan fingerprint density at radius 2 is 2.23 bits per heavy atom. The van der Waals surface area contributed by atoms with Crippen LogP contribution >= 0.6 is 0 Å². The number of benzene rings is 1. The van der Waals surface area contributed by atoms with Crippen LogP contribution < -0.4 is 5.32 Å². The summed E-state index contributed by atoms with van der Waals surface area (Å²) in [6.07, 6.45) is 2.20. The summed E-state index contributed by atoms with van der Waals surface area (Å²) in [4.78, 5) is 25.5. The fourth-order valence-corrected chi connectivity index (χ4v) is 2.84. The van der Waals surface area contributed by atoms with Crippen LogP contribution in [0.1, 0.15) is 43.4 Å². The molecule has 1 aromatic carbocycles. The van der Waals surface area contributed by atoms with Crippen LogP contribution in [0.15, 0.2) is 24.3 Å². The Balaban J connectivity index is 1.90. The average molecular weight is 304 g/mol. The molecule has 5 nitrogen and oxygen atoms in total. The van der Waals surface area contributed by atoms with Gasteiger partial charge in [0, 0.05) is 13.1 Å². The summed E-state index contributed by atoms with van der Waals surface area (Å²) in [7, 11) is 0. The zero-order valence-electron chi connectivity index (χ0n) is 13.3. The van der Waals surface area contributed by atoms with Crippen LogP contribution in [0.25, 0.3) is 0 Å². The van der Waals surface area contributed by atoms with E-state index >= 15 is 0 Å². The van der Waals surface area contributed by atoms with Gasteiger partial charge < -0.3 is 15.0 Å². The lowest BCUT2D eigenvalue weighted by Gasteiger charge is -2.25. The van der Waals surface area contributed by atoms with Gasteiger partial charge in [-0.1, -0.05) is 29.8 Å². The molecule has 2 amide bonds. The van der Waals surface area contributed by atoms with E-state index in [9.17, 15) is 9.59 Å². The number of nitrogens with one attached hydrogen (secondary N) is 1. The van der Waals surface area contributed by atoms with Gasteiger partial charge in [0.05, 0.1) is 19.1 Å². The second kappa shape index (κ2) is 7.82. The van der Waals surface area contributed by atoms with Crippen molar-refractivity contribution in [1.29, 1.82) is 0 Å². The van der Waals surface area contributed by atoms with Crippen molar-refractivity contribution in [3.05, 3.63) is 35.4 Å². The van der Waals surface area contributed by atoms with Crippen molar-refractivity contribution in [2.45, 2.75) is 39.2 Å². The lowest BCUT2D eigenvalue weighted by molar-refractivity contribution is -0.142. The third-order valence-corrected chi connectivity index (χ3v) is 3.85. The fraction of sp³-hybridized carbons (Fsp3) is 0.529. The van der Waals surface area contributed by atoms with Gasteiger partial charge in [0.2, 0.25) is 0 Å². The van der Waals surface area contributed by atoms with Gasteiger partial charge in [-0.3, -0.25) is 4.79 Å². The molecule has 2 rings (SSSR count). The largest absolute Gasteiger partial charge is 0.466 e. The standard InChI is InChI=1S/C17H24N2O3/c1-3-22-16(20)9-10-18-17(21)19-11-5-8-15(19)14-7-4-6-13(2)12-14/h4,6-7,12,15H,3,5,8-11H2,1-2H3,(H,18,21)/t15-/m0/s1. The summed E-state index contributed by atoms with van der Waals surface area (Å²) < 4.78 is 4.85. The maximum atomic E-state index is 12.3. The Bertz CT molecular complexity index is 530. The van der Waals surface area contributed by atoms with Gasteiger partial charge in [-0.25, -0.2) is 4.79 Å². The van der Waals surface area contributed by atoms with Crippen molar-refractivity contribution in [2.24, 2.45) is 0 Å². The Kier molecular flexibility index (Phi) is 5.81. The number of urea groups is 1. The summed E-state index contributed by atoms with van der Waals surface area (Å²) >= 11 is 0. The summed E-state index contributed by atoms with van der Waals surface area (Å²) in [6.45, 7) is 5.27. The molecule has 0 aromatic heterocycles. The maximum Gasteiger partial charge on any atom is 0.317 e. The number of aryl methyl sites for hydroxylation is 1. The van der Waals surface area contributed by atoms with Crippen molar-refractivity contribution in [1.82, 2.24) is 10.2 Å². The van der Waals surface area contributed by atoms with E-state index in [1.54, 1.807) is 6.92 Å². The predicted molar refractivity (Wildman–Crippen MR) is 84.5 cm³/mol. The molecule has 0 bridgehead atoms. The van der Waals surface area contributed by atoms with Gasteiger partial charge in [-0.2, -0.15) is 0 Å². The van der Waals surface area contributed by atoms with E-state index in [1.165, 1.54) is 11.1 Å². The first-order valence-corrected chi connectivity index (χ1v) is 7.88. The smallest absolute Gasteiger partial charge is 0.317 e. The fourth-order valence-electron chi connectivity index (χ4n) is 2.84. The lowest BCUT2D eigenvalue weighted by Crippen LogP contribution is -2.40. The monoisotopic (exact) mass is 304 g/mol. The second-order valence-corrected chi connectivity index (χ2v) is 5.55. The van der Waals surface area contributed by atoms with Crippen molar-refractivity contribution in [3.63, 3.8) is 0 Å². The highest BCUT2D eigenvalue weighted by molar-refractivity contribution is 5.76. The summed E-state index contributed by atoms with van der Waals surface area (Å²) in [5.41, 5.74) is 2.38. The molecule has 5 heteroatoms. The highest BCUT2D eigenvalue weighted by atomic mass is 16.5.